The average Bonchev–Trinajstić information content (AvgIpc) is 2.53. The van der Waals surface area contributed by atoms with Crippen LogP contribution in [0.15, 0.2) is 53.4 Å². The van der Waals surface area contributed by atoms with Crippen LogP contribution in [0.25, 0.3) is 0 Å². The van der Waals surface area contributed by atoms with Gasteiger partial charge in [-0.1, -0.05) is 12.1 Å². The van der Waals surface area contributed by atoms with Crippen LogP contribution in [0.3, 0.4) is 0 Å². The Hall–Kier alpha value is -2.05. The van der Waals surface area contributed by atoms with Crippen LogP contribution in [0.2, 0.25) is 0 Å². The smallest absolute Gasteiger partial charge is 0.240 e. The van der Waals surface area contributed by atoms with E-state index in [0.29, 0.717) is 5.75 Å². The Labute approximate surface area is 137 Å². The molecule has 0 atom stereocenters. The van der Waals surface area contributed by atoms with E-state index in [4.69, 9.17) is 9.47 Å². The molecule has 2 aromatic carbocycles. The van der Waals surface area contributed by atoms with Gasteiger partial charge in [-0.25, -0.2) is 13.1 Å². The van der Waals surface area contributed by atoms with Crippen molar-refractivity contribution in [2.75, 3.05) is 7.11 Å². The summed E-state index contributed by atoms with van der Waals surface area (Å²) in [5.41, 5.74) is 0.834. The molecule has 0 heterocycles. The molecule has 0 aliphatic rings. The van der Waals surface area contributed by atoms with Gasteiger partial charge in [-0.2, -0.15) is 0 Å². The zero-order chi connectivity index (χ0) is 16.9. The predicted octanol–water partition coefficient (Wildman–Crippen LogP) is 2.96. The Bertz CT molecular complexity index is 739. The lowest BCUT2D eigenvalue weighted by Crippen LogP contribution is -2.23. The monoisotopic (exact) mass is 335 g/mol. The van der Waals surface area contributed by atoms with Crippen molar-refractivity contribution in [3.63, 3.8) is 0 Å². The van der Waals surface area contributed by atoms with Gasteiger partial charge in [-0.05, 0) is 55.8 Å². The standard InChI is InChI=1S/C17H21NO4S/c1-13(2)22-16-6-4-5-14(11-16)12-18-23(19,20)17-9-7-15(21-3)8-10-17/h4-11,13,18H,12H2,1-3H3. The van der Waals surface area contributed by atoms with Gasteiger partial charge in [0.25, 0.3) is 0 Å². The minimum Gasteiger partial charge on any atom is -0.497 e. The van der Waals surface area contributed by atoms with E-state index in [1.54, 1.807) is 12.1 Å². The maximum absolute atomic E-state index is 12.3. The highest BCUT2D eigenvalue weighted by molar-refractivity contribution is 7.89. The van der Waals surface area contributed by atoms with Gasteiger partial charge in [-0.15, -0.1) is 0 Å². The second-order valence-electron chi connectivity index (χ2n) is 5.31. The molecule has 0 radical (unpaired) electrons. The number of hydrogen-bond donors (Lipinski definition) is 1. The summed E-state index contributed by atoms with van der Waals surface area (Å²) in [6.45, 7) is 4.09. The average molecular weight is 335 g/mol. The fraction of sp³-hybridized carbons (Fsp3) is 0.294. The molecule has 2 rings (SSSR count). The van der Waals surface area contributed by atoms with E-state index in [-0.39, 0.29) is 17.5 Å². The van der Waals surface area contributed by atoms with Gasteiger partial charge >= 0.3 is 0 Å². The number of nitrogens with one attached hydrogen (secondary N) is 1. The third-order valence-corrected chi connectivity index (χ3v) is 4.52. The topological polar surface area (TPSA) is 64.6 Å². The van der Waals surface area contributed by atoms with Crippen molar-refractivity contribution >= 4 is 10.0 Å². The van der Waals surface area contributed by atoms with Gasteiger partial charge in [-0.3, -0.25) is 0 Å². The predicted molar refractivity (Wildman–Crippen MR) is 89.2 cm³/mol. The zero-order valence-corrected chi connectivity index (χ0v) is 14.3. The number of benzene rings is 2. The zero-order valence-electron chi connectivity index (χ0n) is 13.4. The van der Waals surface area contributed by atoms with E-state index in [9.17, 15) is 8.42 Å². The van der Waals surface area contributed by atoms with Gasteiger partial charge < -0.3 is 9.47 Å². The highest BCUT2D eigenvalue weighted by Gasteiger charge is 2.13. The van der Waals surface area contributed by atoms with Crippen LogP contribution in [-0.2, 0) is 16.6 Å². The molecule has 0 aromatic heterocycles. The van der Waals surface area contributed by atoms with Crippen molar-refractivity contribution < 1.29 is 17.9 Å². The van der Waals surface area contributed by atoms with Crippen LogP contribution in [0.1, 0.15) is 19.4 Å². The minimum atomic E-state index is -3.57. The molecule has 0 aliphatic carbocycles. The number of methoxy groups -OCH3 is 1. The van der Waals surface area contributed by atoms with E-state index in [1.807, 2.05) is 38.1 Å². The molecule has 0 amide bonds. The molecular formula is C17H21NO4S. The summed E-state index contributed by atoms with van der Waals surface area (Å²) in [4.78, 5) is 0.202. The third-order valence-electron chi connectivity index (χ3n) is 3.11. The van der Waals surface area contributed by atoms with Gasteiger partial charge in [0.15, 0.2) is 0 Å². The first-order chi connectivity index (χ1) is 10.9. The first-order valence-electron chi connectivity index (χ1n) is 7.30. The van der Waals surface area contributed by atoms with Crippen molar-refractivity contribution in [3.05, 3.63) is 54.1 Å². The van der Waals surface area contributed by atoms with E-state index in [2.05, 4.69) is 4.72 Å². The molecule has 2 aromatic rings. The van der Waals surface area contributed by atoms with Gasteiger partial charge in [0, 0.05) is 6.54 Å². The highest BCUT2D eigenvalue weighted by Crippen LogP contribution is 2.17. The van der Waals surface area contributed by atoms with Crippen LogP contribution in [0.4, 0.5) is 0 Å². The Morgan fingerprint density at radius 3 is 2.35 bits per heavy atom. The molecule has 0 saturated carbocycles. The maximum Gasteiger partial charge on any atom is 0.240 e. The Kier molecular flexibility index (Phi) is 5.63. The Morgan fingerprint density at radius 1 is 1.04 bits per heavy atom. The molecule has 124 valence electrons. The molecule has 1 N–H and O–H groups in total. The van der Waals surface area contributed by atoms with Crippen molar-refractivity contribution in [2.24, 2.45) is 0 Å². The van der Waals surface area contributed by atoms with Crippen molar-refractivity contribution in [1.29, 1.82) is 0 Å². The first-order valence-corrected chi connectivity index (χ1v) is 8.78. The van der Waals surface area contributed by atoms with Crippen molar-refractivity contribution in [3.8, 4) is 11.5 Å². The summed E-state index contributed by atoms with van der Waals surface area (Å²) in [7, 11) is -2.03. The van der Waals surface area contributed by atoms with Gasteiger partial charge in [0.2, 0.25) is 10.0 Å². The normalized spacial score (nSPS) is 11.5. The second-order valence-corrected chi connectivity index (χ2v) is 7.08. The molecule has 0 spiro atoms. The van der Waals surface area contributed by atoms with Crippen LogP contribution >= 0.6 is 0 Å². The quantitative estimate of drug-likeness (QED) is 0.845. The molecule has 0 unspecified atom stereocenters. The molecule has 0 aliphatic heterocycles. The van der Waals surface area contributed by atoms with E-state index in [1.165, 1.54) is 19.2 Å². The number of ether oxygens (including phenoxy) is 2. The number of hydrogen-bond acceptors (Lipinski definition) is 4. The Morgan fingerprint density at radius 2 is 1.74 bits per heavy atom. The van der Waals surface area contributed by atoms with Crippen molar-refractivity contribution in [2.45, 2.75) is 31.4 Å². The summed E-state index contributed by atoms with van der Waals surface area (Å²) in [6, 6.07) is 13.6. The molecule has 0 fully saturated rings. The molecule has 23 heavy (non-hydrogen) atoms. The first kappa shape index (κ1) is 17.3. The van der Waals surface area contributed by atoms with Crippen molar-refractivity contribution in [1.82, 2.24) is 4.72 Å². The molecular weight excluding hydrogens is 314 g/mol. The van der Waals surface area contributed by atoms with Gasteiger partial charge in [0.1, 0.15) is 11.5 Å². The van der Waals surface area contributed by atoms with E-state index >= 15 is 0 Å². The molecule has 0 saturated heterocycles. The van der Waals surface area contributed by atoms with Crippen LogP contribution in [0, 0.1) is 0 Å². The summed E-state index contributed by atoms with van der Waals surface area (Å²) in [5.74, 6) is 1.34. The number of rotatable bonds is 7. The lowest BCUT2D eigenvalue weighted by molar-refractivity contribution is 0.242. The maximum atomic E-state index is 12.3. The largest absolute Gasteiger partial charge is 0.497 e. The Balaban J connectivity index is 2.06. The SMILES string of the molecule is COc1ccc(S(=O)(=O)NCc2cccc(OC(C)C)c2)cc1. The fourth-order valence-corrected chi connectivity index (χ4v) is 3.04. The van der Waals surface area contributed by atoms with Crippen LogP contribution in [0.5, 0.6) is 11.5 Å². The fourth-order valence-electron chi connectivity index (χ4n) is 2.02. The highest BCUT2D eigenvalue weighted by atomic mass is 32.2. The second kappa shape index (κ2) is 7.48. The van der Waals surface area contributed by atoms with E-state index < -0.39 is 10.0 Å². The van der Waals surface area contributed by atoms with Gasteiger partial charge in [0.05, 0.1) is 18.1 Å². The molecule has 0 bridgehead atoms. The molecule has 6 heteroatoms. The van der Waals surface area contributed by atoms with Crippen LogP contribution < -0.4 is 14.2 Å². The lowest BCUT2D eigenvalue weighted by atomic mass is 10.2. The van der Waals surface area contributed by atoms with E-state index in [0.717, 1.165) is 11.3 Å². The minimum absolute atomic E-state index is 0.0706. The summed E-state index contributed by atoms with van der Waals surface area (Å²) in [6.07, 6.45) is 0.0706. The summed E-state index contributed by atoms with van der Waals surface area (Å²) < 4.78 is 37.8. The summed E-state index contributed by atoms with van der Waals surface area (Å²) >= 11 is 0. The lowest BCUT2D eigenvalue weighted by Gasteiger charge is -2.11. The van der Waals surface area contributed by atoms with Crippen LogP contribution in [-0.4, -0.2) is 21.6 Å². The molecule has 5 nitrogen and oxygen atoms in total. The third kappa shape index (κ3) is 4.97. The number of sulfonamides is 1. The summed E-state index contributed by atoms with van der Waals surface area (Å²) in [5, 5.41) is 0.